The van der Waals surface area contributed by atoms with E-state index in [-0.39, 0.29) is 0 Å². The van der Waals surface area contributed by atoms with Crippen molar-refractivity contribution in [1.82, 2.24) is 10.3 Å². The zero-order chi connectivity index (χ0) is 25.5. The van der Waals surface area contributed by atoms with Crippen molar-refractivity contribution in [3.05, 3.63) is 108 Å². The van der Waals surface area contributed by atoms with E-state index in [9.17, 15) is 0 Å². The molecular formula is C33H38N4. The van der Waals surface area contributed by atoms with Crippen molar-refractivity contribution < 1.29 is 0 Å². The zero-order valence-corrected chi connectivity index (χ0v) is 22.0. The summed E-state index contributed by atoms with van der Waals surface area (Å²) in [6.07, 6.45) is 7.20. The standard InChI is InChI=1S/C33H38N4/c1-37(2)32-23-33(36-31-16-10-9-15-30(31)32)35-28-19-17-25(18-20-28)24-34-22-21-29(26-11-5-3-6-12-26)27-13-7-4-8-14-27/h3-16,21,23,25,28,34H,17-20,22,24H2,1-2H3,(H,35,36). The molecule has 2 N–H and O–H groups in total. The van der Waals surface area contributed by atoms with Crippen molar-refractivity contribution in [3.63, 3.8) is 0 Å². The third kappa shape index (κ3) is 6.39. The van der Waals surface area contributed by atoms with Gasteiger partial charge in [0.15, 0.2) is 0 Å². The van der Waals surface area contributed by atoms with E-state index in [1.807, 2.05) is 0 Å². The van der Waals surface area contributed by atoms with Crippen LogP contribution in [-0.2, 0) is 0 Å². The van der Waals surface area contributed by atoms with Gasteiger partial charge in [0.25, 0.3) is 0 Å². The van der Waals surface area contributed by atoms with E-state index in [1.165, 1.54) is 53.5 Å². The van der Waals surface area contributed by atoms with Crippen LogP contribution >= 0.6 is 0 Å². The average molecular weight is 491 g/mol. The number of pyridine rings is 1. The SMILES string of the molecule is CN(C)c1cc(NC2CCC(CNCC=C(c3ccccc3)c3ccccc3)CC2)nc2ccccc12. The smallest absolute Gasteiger partial charge is 0.128 e. The molecule has 1 heterocycles. The van der Waals surface area contributed by atoms with Crippen molar-refractivity contribution in [2.75, 3.05) is 37.4 Å². The van der Waals surface area contributed by atoms with Gasteiger partial charge in [-0.15, -0.1) is 0 Å². The maximum Gasteiger partial charge on any atom is 0.128 e. The van der Waals surface area contributed by atoms with Crippen LogP contribution < -0.4 is 15.5 Å². The van der Waals surface area contributed by atoms with Crippen LogP contribution in [0.25, 0.3) is 16.5 Å². The molecule has 4 aromatic rings. The largest absolute Gasteiger partial charge is 0.377 e. The van der Waals surface area contributed by atoms with E-state index >= 15 is 0 Å². The summed E-state index contributed by atoms with van der Waals surface area (Å²) in [6.45, 7) is 1.95. The van der Waals surface area contributed by atoms with E-state index in [0.29, 0.717) is 6.04 Å². The molecule has 0 bridgehead atoms. The highest BCUT2D eigenvalue weighted by atomic mass is 15.1. The van der Waals surface area contributed by atoms with E-state index in [0.717, 1.165) is 30.3 Å². The monoisotopic (exact) mass is 490 g/mol. The first-order valence-corrected chi connectivity index (χ1v) is 13.5. The van der Waals surface area contributed by atoms with Gasteiger partial charge in [-0.05, 0) is 60.9 Å². The number of rotatable bonds is 9. The van der Waals surface area contributed by atoms with Crippen LogP contribution in [0.15, 0.2) is 97.1 Å². The number of hydrogen-bond donors (Lipinski definition) is 2. The Balaban J connectivity index is 1.14. The molecule has 37 heavy (non-hydrogen) atoms. The Kier molecular flexibility index (Phi) is 8.17. The van der Waals surface area contributed by atoms with Gasteiger partial charge in [-0.2, -0.15) is 0 Å². The lowest BCUT2D eigenvalue weighted by molar-refractivity contribution is 0.328. The van der Waals surface area contributed by atoms with Crippen LogP contribution in [0, 0.1) is 5.92 Å². The molecule has 0 radical (unpaired) electrons. The molecule has 4 nitrogen and oxygen atoms in total. The molecule has 0 aliphatic heterocycles. The summed E-state index contributed by atoms with van der Waals surface area (Å²) in [4.78, 5) is 7.08. The predicted molar refractivity (Wildman–Crippen MR) is 158 cm³/mol. The van der Waals surface area contributed by atoms with Gasteiger partial charge in [-0.1, -0.05) is 84.9 Å². The van der Waals surface area contributed by atoms with E-state index in [1.54, 1.807) is 0 Å². The lowest BCUT2D eigenvalue weighted by Crippen LogP contribution is -2.31. The highest BCUT2D eigenvalue weighted by Crippen LogP contribution is 2.30. The summed E-state index contributed by atoms with van der Waals surface area (Å²) < 4.78 is 0. The van der Waals surface area contributed by atoms with Crippen molar-refractivity contribution in [2.24, 2.45) is 5.92 Å². The Bertz CT molecular complexity index is 1260. The first-order chi connectivity index (χ1) is 18.2. The van der Waals surface area contributed by atoms with Gasteiger partial charge < -0.3 is 15.5 Å². The number of aromatic nitrogens is 1. The number of fused-ring (bicyclic) bond motifs is 1. The summed E-state index contributed by atoms with van der Waals surface area (Å²) in [6, 6.07) is 32.5. The first kappa shape index (κ1) is 25.0. The number of anilines is 2. The lowest BCUT2D eigenvalue weighted by atomic mass is 9.86. The summed E-state index contributed by atoms with van der Waals surface area (Å²) in [5.74, 6) is 1.72. The molecular weight excluding hydrogens is 452 g/mol. The van der Waals surface area contributed by atoms with Crippen LogP contribution in [0.3, 0.4) is 0 Å². The summed E-state index contributed by atoms with van der Waals surface area (Å²) in [7, 11) is 4.20. The first-order valence-electron chi connectivity index (χ1n) is 13.5. The molecule has 1 aromatic heterocycles. The molecule has 190 valence electrons. The highest BCUT2D eigenvalue weighted by Gasteiger charge is 2.21. The van der Waals surface area contributed by atoms with E-state index < -0.39 is 0 Å². The molecule has 1 fully saturated rings. The molecule has 1 aliphatic carbocycles. The summed E-state index contributed by atoms with van der Waals surface area (Å²) >= 11 is 0. The topological polar surface area (TPSA) is 40.2 Å². The Morgan fingerprint density at radius 2 is 1.46 bits per heavy atom. The number of benzene rings is 3. The fourth-order valence-electron chi connectivity index (χ4n) is 5.42. The molecule has 1 saturated carbocycles. The Morgan fingerprint density at radius 3 is 2.11 bits per heavy atom. The third-order valence-corrected chi connectivity index (χ3v) is 7.43. The van der Waals surface area contributed by atoms with Gasteiger partial charge in [-0.25, -0.2) is 4.98 Å². The van der Waals surface area contributed by atoms with Crippen molar-refractivity contribution in [2.45, 2.75) is 31.7 Å². The minimum Gasteiger partial charge on any atom is -0.377 e. The molecule has 0 spiro atoms. The van der Waals surface area contributed by atoms with Crippen molar-refractivity contribution in [1.29, 1.82) is 0 Å². The van der Waals surface area contributed by atoms with Crippen molar-refractivity contribution >= 4 is 28.0 Å². The minimum absolute atomic E-state index is 0.489. The summed E-state index contributed by atoms with van der Waals surface area (Å²) in [5.41, 5.74) is 6.09. The Morgan fingerprint density at radius 1 is 0.838 bits per heavy atom. The highest BCUT2D eigenvalue weighted by molar-refractivity contribution is 5.93. The average Bonchev–Trinajstić information content (AvgIpc) is 2.94. The number of nitrogens with zero attached hydrogens (tertiary/aromatic N) is 2. The van der Waals surface area contributed by atoms with Gasteiger partial charge in [0, 0.05) is 43.8 Å². The molecule has 3 aromatic carbocycles. The minimum atomic E-state index is 0.489. The molecule has 1 aliphatic rings. The number of nitrogens with one attached hydrogen (secondary N) is 2. The van der Waals surface area contributed by atoms with Crippen LogP contribution in [0.5, 0.6) is 0 Å². The Hall–Kier alpha value is -3.63. The van der Waals surface area contributed by atoms with Crippen LogP contribution in [0.1, 0.15) is 36.8 Å². The second-order valence-corrected chi connectivity index (χ2v) is 10.3. The quantitative estimate of drug-likeness (QED) is 0.248. The normalized spacial score (nSPS) is 17.4. The fourth-order valence-corrected chi connectivity index (χ4v) is 5.42. The fraction of sp³-hybridized carbons (Fsp3) is 0.303. The number of para-hydroxylation sites is 1. The molecule has 0 unspecified atom stereocenters. The van der Waals surface area contributed by atoms with Crippen LogP contribution in [0.4, 0.5) is 11.5 Å². The van der Waals surface area contributed by atoms with Gasteiger partial charge in [-0.3, -0.25) is 0 Å². The van der Waals surface area contributed by atoms with Gasteiger partial charge in [0.2, 0.25) is 0 Å². The molecule has 0 atom stereocenters. The van der Waals surface area contributed by atoms with E-state index in [4.69, 9.17) is 4.98 Å². The predicted octanol–water partition coefficient (Wildman–Crippen LogP) is 6.99. The molecule has 5 rings (SSSR count). The Labute approximate surface area is 221 Å². The maximum atomic E-state index is 4.90. The van der Waals surface area contributed by atoms with Gasteiger partial charge in [0.05, 0.1) is 5.52 Å². The van der Waals surface area contributed by atoms with Crippen molar-refractivity contribution in [3.8, 4) is 0 Å². The van der Waals surface area contributed by atoms with Crippen LogP contribution in [-0.4, -0.2) is 38.2 Å². The lowest BCUT2D eigenvalue weighted by Gasteiger charge is -2.30. The third-order valence-electron chi connectivity index (χ3n) is 7.43. The zero-order valence-electron chi connectivity index (χ0n) is 22.0. The van der Waals surface area contributed by atoms with Crippen LogP contribution in [0.2, 0.25) is 0 Å². The summed E-state index contributed by atoms with van der Waals surface area (Å²) in [5, 5.41) is 8.65. The van der Waals surface area contributed by atoms with E-state index in [2.05, 4.69) is 127 Å². The maximum absolute atomic E-state index is 4.90. The van der Waals surface area contributed by atoms with Gasteiger partial charge in [0.1, 0.15) is 5.82 Å². The molecule has 4 heteroatoms. The molecule has 0 saturated heterocycles. The second-order valence-electron chi connectivity index (χ2n) is 10.3. The van der Waals surface area contributed by atoms with Gasteiger partial charge >= 0.3 is 0 Å². The number of hydrogen-bond acceptors (Lipinski definition) is 4. The second kappa shape index (κ2) is 12.1. The molecule has 0 amide bonds.